The molecule has 4 atom stereocenters. The van der Waals surface area contributed by atoms with Crippen molar-refractivity contribution in [3.63, 3.8) is 0 Å². The predicted octanol–water partition coefficient (Wildman–Crippen LogP) is -0.331. The van der Waals surface area contributed by atoms with E-state index in [9.17, 15) is 14.6 Å². The summed E-state index contributed by atoms with van der Waals surface area (Å²) in [6.45, 7) is -0.273. The standard InChI is InChI=1S/C12H16FN5O3/c1-21-11-8-10(16-12(14)17-11)18(4-15-8)6-2-5(3-19)9(20)7(6)13/h4-7,9,19-20H,2-3H2,1H3,(H2,14,16,17)/t5-,6-,7-,9-/m1/s1. The molecule has 0 aromatic carbocycles. The number of hydrogen-bond acceptors (Lipinski definition) is 7. The Balaban J connectivity index is 2.07. The number of hydrogen-bond donors (Lipinski definition) is 3. The Morgan fingerprint density at radius 3 is 2.90 bits per heavy atom. The minimum atomic E-state index is -1.51. The minimum Gasteiger partial charge on any atom is -0.479 e. The highest BCUT2D eigenvalue weighted by molar-refractivity contribution is 5.77. The second-order valence-corrected chi connectivity index (χ2v) is 5.10. The fourth-order valence-corrected chi connectivity index (χ4v) is 2.81. The molecule has 4 N–H and O–H groups in total. The topological polar surface area (TPSA) is 119 Å². The number of ether oxygens (including phenoxy) is 1. The second-order valence-electron chi connectivity index (χ2n) is 5.10. The van der Waals surface area contributed by atoms with E-state index < -0.39 is 24.2 Å². The molecule has 0 amide bonds. The second kappa shape index (κ2) is 5.08. The van der Waals surface area contributed by atoms with Gasteiger partial charge in [-0.15, -0.1) is 0 Å². The third kappa shape index (κ3) is 2.09. The number of rotatable bonds is 3. The molecule has 0 aliphatic heterocycles. The van der Waals surface area contributed by atoms with Crippen LogP contribution in [-0.2, 0) is 0 Å². The highest BCUT2D eigenvalue weighted by atomic mass is 19.1. The lowest BCUT2D eigenvalue weighted by Crippen LogP contribution is -2.27. The monoisotopic (exact) mass is 297 g/mol. The van der Waals surface area contributed by atoms with E-state index in [1.54, 1.807) is 0 Å². The highest BCUT2D eigenvalue weighted by Crippen LogP contribution is 2.39. The van der Waals surface area contributed by atoms with Crippen molar-refractivity contribution < 1.29 is 19.3 Å². The van der Waals surface area contributed by atoms with Crippen molar-refractivity contribution in [3.8, 4) is 5.88 Å². The largest absolute Gasteiger partial charge is 0.479 e. The number of halogens is 1. The smallest absolute Gasteiger partial charge is 0.246 e. The van der Waals surface area contributed by atoms with Gasteiger partial charge in [0.25, 0.3) is 0 Å². The van der Waals surface area contributed by atoms with E-state index >= 15 is 0 Å². The zero-order chi connectivity index (χ0) is 15.1. The van der Waals surface area contributed by atoms with Gasteiger partial charge in [0.2, 0.25) is 11.8 Å². The maximum atomic E-state index is 14.3. The van der Waals surface area contributed by atoms with Crippen molar-refractivity contribution in [3.05, 3.63) is 6.33 Å². The van der Waals surface area contributed by atoms with Gasteiger partial charge in [-0.2, -0.15) is 9.97 Å². The number of alkyl halides is 1. The summed E-state index contributed by atoms with van der Waals surface area (Å²) in [5, 5.41) is 19.0. The van der Waals surface area contributed by atoms with Gasteiger partial charge in [0, 0.05) is 12.5 Å². The van der Waals surface area contributed by atoms with Gasteiger partial charge in [0.05, 0.1) is 25.6 Å². The number of nitrogens with zero attached hydrogens (tertiary/aromatic N) is 4. The van der Waals surface area contributed by atoms with Crippen LogP contribution < -0.4 is 10.5 Å². The fraction of sp³-hybridized carbons (Fsp3) is 0.583. The Morgan fingerprint density at radius 1 is 1.52 bits per heavy atom. The summed E-state index contributed by atoms with van der Waals surface area (Å²) >= 11 is 0. The lowest BCUT2D eigenvalue weighted by molar-refractivity contribution is 0.0400. The van der Waals surface area contributed by atoms with Crippen molar-refractivity contribution in [1.29, 1.82) is 0 Å². The highest BCUT2D eigenvalue weighted by Gasteiger charge is 2.44. The number of nitrogen functional groups attached to an aromatic ring is 1. The SMILES string of the molecule is COc1nc(N)nc2c1ncn2[C@@H]1C[C@H](CO)[C@@H](O)[C@@H]1F. The van der Waals surface area contributed by atoms with Crippen LogP contribution in [0.4, 0.5) is 10.3 Å². The van der Waals surface area contributed by atoms with E-state index in [4.69, 9.17) is 10.5 Å². The molecule has 1 aliphatic carbocycles. The zero-order valence-corrected chi connectivity index (χ0v) is 11.3. The molecule has 21 heavy (non-hydrogen) atoms. The quantitative estimate of drug-likeness (QED) is 0.709. The molecule has 114 valence electrons. The molecular formula is C12H16FN5O3. The number of imidazole rings is 1. The molecule has 0 spiro atoms. The van der Waals surface area contributed by atoms with Crippen molar-refractivity contribution in [1.82, 2.24) is 19.5 Å². The minimum absolute atomic E-state index is 0.00578. The van der Waals surface area contributed by atoms with Gasteiger partial charge in [-0.25, -0.2) is 9.37 Å². The van der Waals surface area contributed by atoms with E-state index in [0.29, 0.717) is 11.2 Å². The maximum absolute atomic E-state index is 14.3. The Labute approximate surface area is 119 Å². The maximum Gasteiger partial charge on any atom is 0.246 e. The molecule has 1 aliphatic rings. The van der Waals surface area contributed by atoms with E-state index in [1.165, 1.54) is 18.0 Å². The number of anilines is 1. The molecular weight excluding hydrogens is 281 g/mol. The van der Waals surface area contributed by atoms with Crippen LogP contribution in [0.1, 0.15) is 12.5 Å². The first-order valence-corrected chi connectivity index (χ1v) is 6.53. The van der Waals surface area contributed by atoms with Crippen LogP contribution >= 0.6 is 0 Å². The Morgan fingerprint density at radius 2 is 2.29 bits per heavy atom. The summed E-state index contributed by atoms with van der Waals surface area (Å²) in [6.07, 6.45) is -1.01. The molecule has 9 heteroatoms. The molecule has 2 heterocycles. The lowest BCUT2D eigenvalue weighted by atomic mass is 10.1. The van der Waals surface area contributed by atoms with Gasteiger partial charge in [-0.3, -0.25) is 0 Å². The Bertz CT molecular complexity index is 664. The van der Waals surface area contributed by atoms with Gasteiger partial charge in [0.1, 0.15) is 6.17 Å². The molecule has 0 radical (unpaired) electrons. The van der Waals surface area contributed by atoms with Crippen LogP contribution in [-0.4, -0.2) is 55.7 Å². The van der Waals surface area contributed by atoms with Gasteiger partial charge < -0.3 is 25.3 Å². The number of aliphatic hydroxyl groups excluding tert-OH is 2. The molecule has 0 bridgehead atoms. The van der Waals surface area contributed by atoms with Gasteiger partial charge >= 0.3 is 0 Å². The number of methoxy groups -OCH3 is 1. The molecule has 1 fully saturated rings. The Kier molecular flexibility index (Phi) is 3.38. The summed E-state index contributed by atoms with van der Waals surface area (Å²) in [5.74, 6) is -0.304. The molecule has 0 unspecified atom stereocenters. The van der Waals surface area contributed by atoms with Crippen LogP contribution in [0.3, 0.4) is 0 Å². The van der Waals surface area contributed by atoms with Gasteiger partial charge in [0.15, 0.2) is 11.2 Å². The lowest BCUT2D eigenvalue weighted by Gasteiger charge is -2.16. The fourth-order valence-electron chi connectivity index (χ4n) is 2.81. The molecule has 1 saturated carbocycles. The first kappa shape index (κ1) is 14.0. The third-order valence-electron chi connectivity index (χ3n) is 3.91. The van der Waals surface area contributed by atoms with Crippen LogP contribution in [0.5, 0.6) is 5.88 Å². The molecule has 3 rings (SSSR count). The van der Waals surface area contributed by atoms with Crippen molar-refractivity contribution >= 4 is 17.1 Å². The number of aliphatic hydroxyl groups is 2. The van der Waals surface area contributed by atoms with E-state index in [2.05, 4.69) is 15.0 Å². The van der Waals surface area contributed by atoms with Crippen molar-refractivity contribution in [2.45, 2.75) is 24.7 Å². The van der Waals surface area contributed by atoms with E-state index in [0.717, 1.165) is 0 Å². The summed E-state index contributed by atoms with van der Waals surface area (Å²) in [5.41, 5.74) is 6.34. The van der Waals surface area contributed by atoms with Crippen LogP contribution in [0, 0.1) is 5.92 Å². The molecule has 2 aromatic heterocycles. The van der Waals surface area contributed by atoms with Gasteiger partial charge in [-0.1, -0.05) is 0 Å². The van der Waals surface area contributed by atoms with Crippen LogP contribution in [0.25, 0.3) is 11.2 Å². The zero-order valence-electron chi connectivity index (χ0n) is 11.3. The summed E-state index contributed by atoms with van der Waals surface area (Å²) in [6, 6.07) is -0.666. The Hall–Kier alpha value is -2.00. The average molecular weight is 297 g/mol. The summed E-state index contributed by atoms with van der Waals surface area (Å²) < 4.78 is 20.9. The normalized spacial score (nSPS) is 29.1. The average Bonchev–Trinajstić information content (AvgIpc) is 3.01. The van der Waals surface area contributed by atoms with Crippen molar-refractivity contribution in [2.75, 3.05) is 19.5 Å². The molecule has 0 saturated heterocycles. The van der Waals surface area contributed by atoms with E-state index in [1.807, 2.05) is 0 Å². The van der Waals surface area contributed by atoms with Crippen LogP contribution in [0.15, 0.2) is 6.33 Å². The first-order valence-electron chi connectivity index (χ1n) is 6.53. The first-order chi connectivity index (χ1) is 10.1. The van der Waals surface area contributed by atoms with E-state index in [-0.39, 0.29) is 24.9 Å². The van der Waals surface area contributed by atoms with Crippen LogP contribution in [0.2, 0.25) is 0 Å². The molecule has 8 nitrogen and oxygen atoms in total. The summed E-state index contributed by atoms with van der Waals surface area (Å²) in [7, 11) is 1.43. The predicted molar refractivity (Wildman–Crippen MR) is 71.4 cm³/mol. The number of fused-ring (bicyclic) bond motifs is 1. The van der Waals surface area contributed by atoms with Gasteiger partial charge in [-0.05, 0) is 6.42 Å². The third-order valence-corrected chi connectivity index (χ3v) is 3.91. The molecule has 2 aromatic rings. The number of nitrogens with two attached hydrogens (primary N) is 1. The summed E-state index contributed by atoms with van der Waals surface area (Å²) in [4.78, 5) is 12.1. The number of aromatic nitrogens is 4. The van der Waals surface area contributed by atoms with Crippen molar-refractivity contribution in [2.24, 2.45) is 5.92 Å².